The van der Waals surface area contributed by atoms with Crippen LogP contribution in [0, 0.1) is 0 Å². The molecule has 0 bridgehead atoms. The van der Waals surface area contributed by atoms with E-state index in [9.17, 15) is 18.0 Å². The van der Waals surface area contributed by atoms with Crippen LogP contribution in [-0.2, 0) is 19.8 Å². The van der Waals surface area contributed by atoms with Crippen molar-refractivity contribution < 1.29 is 23.1 Å². The van der Waals surface area contributed by atoms with Crippen molar-refractivity contribution in [2.24, 2.45) is 5.73 Å². The highest BCUT2D eigenvalue weighted by Gasteiger charge is 2.33. The molecule has 1 saturated heterocycles. The predicted molar refractivity (Wildman–Crippen MR) is 71.9 cm³/mol. The van der Waals surface area contributed by atoms with Gasteiger partial charge in [-0.2, -0.15) is 17.4 Å². The Labute approximate surface area is 118 Å². The highest BCUT2D eigenvalue weighted by molar-refractivity contribution is 7.87. The highest BCUT2D eigenvalue weighted by Crippen LogP contribution is 2.19. The fourth-order valence-corrected chi connectivity index (χ4v) is 3.86. The Bertz CT molecular complexity index is 465. The van der Waals surface area contributed by atoms with Crippen molar-refractivity contribution in [3.63, 3.8) is 0 Å². The molecule has 1 aliphatic rings. The van der Waals surface area contributed by atoms with E-state index in [4.69, 9.17) is 10.8 Å². The highest BCUT2D eigenvalue weighted by atomic mass is 32.2. The summed E-state index contributed by atoms with van der Waals surface area (Å²) in [6.45, 7) is 2.16. The Morgan fingerprint density at radius 1 is 1.45 bits per heavy atom. The van der Waals surface area contributed by atoms with Crippen LogP contribution in [0.1, 0.15) is 39.0 Å². The third-order valence-corrected chi connectivity index (χ3v) is 5.06. The predicted octanol–water partition coefficient (Wildman–Crippen LogP) is -0.586. The van der Waals surface area contributed by atoms with Gasteiger partial charge in [-0.15, -0.1) is 0 Å². The molecule has 1 amide bonds. The number of carboxylic acid groups (broad SMARTS) is 1. The molecule has 0 aliphatic carbocycles. The number of amides is 1. The third-order valence-electron chi connectivity index (χ3n) is 3.32. The maximum Gasteiger partial charge on any atom is 0.321 e. The van der Waals surface area contributed by atoms with Gasteiger partial charge in [0.15, 0.2) is 0 Å². The lowest BCUT2D eigenvalue weighted by Gasteiger charge is -2.33. The van der Waals surface area contributed by atoms with E-state index in [1.807, 2.05) is 0 Å². The number of carboxylic acids is 1. The topological polar surface area (TPSA) is 130 Å². The minimum absolute atomic E-state index is 0.160. The number of nitrogens with two attached hydrogens (primary N) is 1. The lowest BCUT2D eigenvalue weighted by atomic mass is 10.1. The number of rotatable bonds is 7. The van der Waals surface area contributed by atoms with E-state index in [2.05, 4.69) is 4.72 Å². The molecule has 0 spiro atoms. The summed E-state index contributed by atoms with van der Waals surface area (Å²) in [7, 11) is -3.87. The van der Waals surface area contributed by atoms with Crippen LogP contribution in [0.5, 0.6) is 0 Å². The number of primary amides is 1. The van der Waals surface area contributed by atoms with E-state index in [0.717, 1.165) is 19.3 Å². The summed E-state index contributed by atoms with van der Waals surface area (Å²) >= 11 is 0. The van der Waals surface area contributed by atoms with Crippen LogP contribution in [-0.4, -0.2) is 48.3 Å². The molecule has 116 valence electrons. The van der Waals surface area contributed by atoms with Gasteiger partial charge in [0, 0.05) is 19.0 Å². The van der Waals surface area contributed by atoms with Gasteiger partial charge in [-0.3, -0.25) is 9.59 Å². The van der Waals surface area contributed by atoms with Gasteiger partial charge in [0.05, 0.1) is 0 Å². The normalized spacial score (nSPS) is 22.4. The molecule has 4 N–H and O–H groups in total. The Kier molecular flexibility index (Phi) is 5.90. The van der Waals surface area contributed by atoms with E-state index in [1.165, 1.54) is 4.31 Å². The smallest absolute Gasteiger partial charge is 0.321 e. The molecule has 2 atom stereocenters. The summed E-state index contributed by atoms with van der Waals surface area (Å²) in [6, 6.07) is -1.51. The molecule has 1 heterocycles. The molecule has 0 saturated carbocycles. The number of aliphatic carboxylic acids is 1. The second kappa shape index (κ2) is 7.00. The third kappa shape index (κ3) is 4.73. The molecule has 9 heteroatoms. The van der Waals surface area contributed by atoms with Crippen molar-refractivity contribution >= 4 is 22.1 Å². The summed E-state index contributed by atoms with van der Waals surface area (Å²) in [5, 5.41) is 9.02. The lowest BCUT2D eigenvalue weighted by Crippen LogP contribution is -2.52. The largest absolute Gasteiger partial charge is 0.480 e. The Hall–Kier alpha value is -1.19. The van der Waals surface area contributed by atoms with Crippen LogP contribution in [0.15, 0.2) is 0 Å². The average molecular weight is 307 g/mol. The first kappa shape index (κ1) is 16.9. The van der Waals surface area contributed by atoms with Crippen LogP contribution >= 0.6 is 0 Å². The Morgan fingerprint density at radius 3 is 2.60 bits per heavy atom. The zero-order chi connectivity index (χ0) is 15.3. The molecule has 0 aromatic rings. The molecule has 20 heavy (non-hydrogen) atoms. The molecule has 0 aromatic heterocycles. The average Bonchev–Trinajstić information content (AvgIpc) is 2.34. The van der Waals surface area contributed by atoms with Gasteiger partial charge in [-0.25, -0.2) is 0 Å². The van der Waals surface area contributed by atoms with Gasteiger partial charge < -0.3 is 10.8 Å². The summed E-state index contributed by atoms with van der Waals surface area (Å²) in [5.41, 5.74) is 4.95. The molecule has 1 unspecified atom stereocenters. The molecule has 1 rings (SSSR count). The van der Waals surface area contributed by atoms with Crippen molar-refractivity contribution in [3.05, 3.63) is 0 Å². The van der Waals surface area contributed by atoms with E-state index < -0.39 is 28.1 Å². The maximum absolute atomic E-state index is 12.2. The molecule has 1 aliphatic heterocycles. The van der Waals surface area contributed by atoms with Crippen LogP contribution in [0.4, 0.5) is 0 Å². The number of nitrogens with one attached hydrogen (secondary N) is 1. The Balaban J connectivity index is 2.74. The standard InChI is InChI=1S/C11H21N3O5S/c1-8-4-2-3-7-14(8)20(18,19)13-9(11(16)17)5-6-10(12)15/h8-9,13H,2-7H2,1H3,(H2,12,15)(H,16,17)/t8?,9-/m0/s1. The van der Waals surface area contributed by atoms with Crippen molar-refractivity contribution in [1.29, 1.82) is 0 Å². The first-order valence-electron chi connectivity index (χ1n) is 6.54. The van der Waals surface area contributed by atoms with Gasteiger partial charge in [0.2, 0.25) is 5.91 Å². The molecular formula is C11H21N3O5S. The second-order valence-electron chi connectivity index (χ2n) is 4.97. The van der Waals surface area contributed by atoms with Crippen molar-refractivity contribution in [2.75, 3.05) is 6.54 Å². The van der Waals surface area contributed by atoms with E-state index in [-0.39, 0.29) is 18.9 Å². The molecule has 0 aromatic carbocycles. The van der Waals surface area contributed by atoms with Crippen molar-refractivity contribution in [1.82, 2.24) is 9.03 Å². The SMILES string of the molecule is CC1CCCCN1S(=O)(=O)N[C@@H](CCC(N)=O)C(=O)O. The summed E-state index contributed by atoms with van der Waals surface area (Å²) in [6.07, 6.45) is 2.11. The van der Waals surface area contributed by atoms with Crippen LogP contribution in [0.2, 0.25) is 0 Å². The van der Waals surface area contributed by atoms with Gasteiger partial charge >= 0.3 is 5.97 Å². The maximum atomic E-state index is 12.2. The number of hydrogen-bond donors (Lipinski definition) is 3. The summed E-state index contributed by atoms with van der Waals surface area (Å²) in [5.74, 6) is -1.98. The first-order chi connectivity index (χ1) is 9.24. The zero-order valence-corrected chi connectivity index (χ0v) is 12.2. The van der Waals surface area contributed by atoms with E-state index in [0.29, 0.717) is 6.54 Å². The van der Waals surface area contributed by atoms with Gasteiger partial charge in [-0.05, 0) is 26.2 Å². The molecule has 1 fully saturated rings. The number of nitrogens with zero attached hydrogens (tertiary/aromatic N) is 1. The quantitative estimate of drug-likeness (QED) is 0.579. The van der Waals surface area contributed by atoms with Crippen LogP contribution < -0.4 is 10.5 Å². The number of hydrogen-bond acceptors (Lipinski definition) is 4. The Morgan fingerprint density at radius 2 is 2.10 bits per heavy atom. The molecular weight excluding hydrogens is 286 g/mol. The number of carbonyl (C=O) groups excluding carboxylic acids is 1. The zero-order valence-electron chi connectivity index (χ0n) is 11.4. The molecule has 8 nitrogen and oxygen atoms in total. The summed E-state index contributed by atoms with van der Waals surface area (Å²) < 4.78 is 27.8. The minimum Gasteiger partial charge on any atom is -0.480 e. The fraction of sp³-hybridized carbons (Fsp3) is 0.818. The second-order valence-corrected chi connectivity index (χ2v) is 6.63. The van der Waals surface area contributed by atoms with Crippen LogP contribution in [0.3, 0.4) is 0 Å². The lowest BCUT2D eigenvalue weighted by molar-refractivity contribution is -0.139. The summed E-state index contributed by atoms with van der Waals surface area (Å²) in [4.78, 5) is 21.7. The number of carbonyl (C=O) groups is 2. The van der Waals surface area contributed by atoms with Gasteiger partial charge in [-0.1, -0.05) is 6.42 Å². The van der Waals surface area contributed by atoms with E-state index in [1.54, 1.807) is 6.92 Å². The van der Waals surface area contributed by atoms with Gasteiger partial charge in [0.1, 0.15) is 6.04 Å². The van der Waals surface area contributed by atoms with Crippen molar-refractivity contribution in [3.8, 4) is 0 Å². The monoisotopic (exact) mass is 307 g/mol. The van der Waals surface area contributed by atoms with Gasteiger partial charge in [0.25, 0.3) is 10.2 Å². The van der Waals surface area contributed by atoms with Crippen molar-refractivity contribution in [2.45, 2.75) is 51.1 Å². The number of piperidine rings is 1. The molecule has 0 radical (unpaired) electrons. The first-order valence-corrected chi connectivity index (χ1v) is 7.98. The fourth-order valence-electron chi connectivity index (χ4n) is 2.20. The minimum atomic E-state index is -3.87. The van der Waals surface area contributed by atoms with E-state index >= 15 is 0 Å². The van der Waals surface area contributed by atoms with Crippen LogP contribution in [0.25, 0.3) is 0 Å².